The summed E-state index contributed by atoms with van der Waals surface area (Å²) >= 11 is 0. The molecule has 1 fully saturated rings. The minimum atomic E-state index is -0.382. The van der Waals surface area contributed by atoms with E-state index < -0.39 is 0 Å². The van der Waals surface area contributed by atoms with Crippen LogP contribution in [0.5, 0.6) is 0 Å². The van der Waals surface area contributed by atoms with Gasteiger partial charge in [0.2, 0.25) is 0 Å². The van der Waals surface area contributed by atoms with E-state index in [0.29, 0.717) is 18.4 Å². The fourth-order valence-corrected chi connectivity index (χ4v) is 3.60. The molecule has 3 heteroatoms. The first kappa shape index (κ1) is 18.0. The zero-order valence-corrected chi connectivity index (χ0v) is 15.3. The molecule has 1 aliphatic heterocycles. The highest BCUT2D eigenvalue weighted by molar-refractivity contribution is 5.69. The molecule has 1 aromatic carbocycles. The molecular weight excluding hydrogens is 286 g/mol. The molecule has 0 spiro atoms. The van der Waals surface area contributed by atoms with E-state index in [1.807, 2.05) is 6.92 Å². The molecule has 1 aromatic rings. The van der Waals surface area contributed by atoms with Crippen LogP contribution in [0.4, 0.5) is 0 Å². The fraction of sp³-hybridized carbons (Fsp3) is 0.650. The summed E-state index contributed by atoms with van der Waals surface area (Å²) in [6, 6.07) is 9.18. The van der Waals surface area contributed by atoms with E-state index in [9.17, 15) is 4.79 Å². The Morgan fingerprint density at radius 1 is 1.22 bits per heavy atom. The van der Waals surface area contributed by atoms with E-state index in [0.717, 1.165) is 25.8 Å². The fourth-order valence-electron chi connectivity index (χ4n) is 3.60. The van der Waals surface area contributed by atoms with Gasteiger partial charge >= 0.3 is 5.97 Å². The number of hydrogen-bond donors (Lipinski definition) is 0. The van der Waals surface area contributed by atoms with Crippen LogP contribution in [0.25, 0.3) is 0 Å². The number of hydrogen-bond acceptors (Lipinski definition) is 3. The minimum Gasteiger partial charge on any atom is -0.458 e. The molecule has 128 valence electrons. The molecule has 3 nitrogen and oxygen atoms in total. The molecule has 0 N–H and O–H groups in total. The first-order chi connectivity index (χ1) is 10.9. The topological polar surface area (TPSA) is 29.5 Å². The Kier molecular flexibility index (Phi) is 5.85. The van der Waals surface area contributed by atoms with Crippen molar-refractivity contribution >= 4 is 5.97 Å². The van der Waals surface area contributed by atoms with Crippen molar-refractivity contribution < 1.29 is 9.53 Å². The van der Waals surface area contributed by atoms with Crippen LogP contribution in [0, 0.1) is 5.92 Å². The summed E-state index contributed by atoms with van der Waals surface area (Å²) in [7, 11) is 2.16. The Labute approximate surface area is 141 Å². The molecule has 0 amide bonds. The molecule has 3 atom stereocenters. The average molecular weight is 317 g/mol. The normalized spacial score (nSPS) is 28.6. The maximum Gasteiger partial charge on any atom is 0.306 e. The highest BCUT2D eigenvalue weighted by Crippen LogP contribution is 2.37. The second-order valence-corrected chi connectivity index (χ2v) is 7.13. The number of likely N-dealkylation sites (tertiary alicyclic amines) is 1. The molecule has 1 heterocycles. The highest BCUT2D eigenvalue weighted by atomic mass is 16.6. The summed E-state index contributed by atoms with van der Waals surface area (Å²) in [5.41, 5.74) is 2.22. The number of nitrogens with zero attached hydrogens (tertiary/aromatic N) is 1. The summed E-state index contributed by atoms with van der Waals surface area (Å²) < 4.78 is 6.05. The number of ether oxygens (including phenoxy) is 1. The van der Waals surface area contributed by atoms with E-state index in [-0.39, 0.29) is 11.6 Å². The van der Waals surface area contributed by atoms with Crippen molar-refractivity contribution in [3.63, 3.8) is 0 Å². The quantitative estimate of drug-likeness (QED) is 0.773. The minimum absolute atomic E-state index is 0.0845. The van der Waals surface area contributed by atoms with Gasteiger partial charge in [0.05, 0.1) is 0 Å². The highest BCUT2D eigenvalue weighted by Gasteiger charge is 2.45. The molecule has 2 rings (SSSR count). The van der Waals surface area contributed by atoms with Gasteiger partial charge in [0.15, 0.2) is 0 Å². The largest absolute Gasteiger partial charge is 0.458 e. The van der Waals surface area contributed by atoms with Gasteiger partial charge in [-0.2, -0.15) is 0 Å². The Bertz CT molecular complexity index is 525. The van der Waals surface area contributed by atoms with E-state index in [2.05, 4.69) is 57.0 Å². The van der Waals surface area contributed by atoms with Crippen LogP contribution in [-0.2, 0) is 22.4 Å². The standard InChI is InChI=1S/C20H31NO2/c1-6-17-8-10-18(11-9-17)13-20(23-19(22)7-2)12-16(4)21(5)14-15(20)3/h8-11,15-16H,6-7,12-14H2,1-5H3/t15-,16+,20+/m0/s1. The number of carbonyl (C=O) groups excluding carboxylic acids is 1. The molecule has 0 aromatic heterocycles. The predicted molar refractivity (Wildman–Crippen MR) is 94.5 cm³/mol. The predicted octanol–water partition coefficient (Wildman–Crippen LogP) is 3.84. The average Bonchev–Trinajstić information content (AvgIpc) is 2.53. The van der Waals surface area contributed by atoms with Crippen LogP contribution in [0.1, 0.15) is 51.7 Å². The lowest BCUT2D eigenvalue weighted by Crippen LogP contribution is -2.56. The molecule has 1 aliphatic rings. The van der Waals surface area contributed by atoms with Crippen LogP contribution in [0.3, 0.4) is 0 Å². The summed E-state index contributed by atoms with van der Waals surface area (Å²) in [4.78, 5) is 14.4. The van der Waals surface area contributed by atoms with Crippen LogP contribution in [0.2, 0.25) is 0 Å². The van der Waals surface area contributed by atoms with Crippen LogP contribution in [-0.4, -0.2) is 36.1 Å². The molecule has 1 saturated heterocycles. The molecule has 0 radical (unpaired) electrons. The Morgan fingerprint density at radius 2 is 1.83 bits per heavy atom. The second kappa shape index (κ2) is 7.48. The van der Waals surface area contributed by atoms with Gasteiger partial charge in [-0.15, -0.1) is 0 Å². The van der Waals surface area contributed by atoms with Crippen LogP contribution < -0.4 is 0 Å². The zero-order chi connectivity index (χ0) is 17.0. The van der Waals surface area contributed by atoms with Crippen molar-refractivity contribution in [1.29, 1.82) is 0 Å². The lowest BCUT2D eigenvalue weighted by Gasteiger charge is -2.48. The summed E-state index contributed by atoms with van der Waals surface area (Å²) in [5.74, 6) is 0.240. The van der Waals surface area contributed by atoms with Gasteiger partial charge in [-0.25, -0.2) is 0 Å². The zero-order valence-electron chi connectivity index (χ0n) is 15.3. The lowest BCUT2D eigenvalue weighted by molar-refractivity contribution is -0.174. The van der Waals surface area contributed by atoms with Crippen molar-refractivity contribution in [3.05, 3.63) is 35.4 Å². The summed E-state index contributed by atoms with van der Waals surface area (Å²) in [5, 5.41) is 0. The van der Waals surface area contributed by atoms with Crippen molar-refractivity contribution in [3.8, 4) is 0 Å². The number of aryl methyl sites for hydroxylation is 1. The van der Waals surface area contributed by atoms with Crippen LogP contribution in [0.15, 0.2) is 24.3 Å². The maximum absolute atomic E-state index is 12.1. The Hall–Kier alpha value is -1.35. The number of benzene rings is 1. The van der Waals surface area contributed by atoms with E-state index in [1.165, 1.54) is 11.1 Å². The lowest BCUT2D eigenvalue weighted by atomic mass is 9.75. The number of esters is 1. The molecular formula is C20H31NO2. The third kappa shape index (κ3) is 4.14. The Balaban J connectivity index is 2.27. The van der Waals surface area contributed by atoms with Crippen molar-refractivity contribution in [2.75, 3.05) is 13.6 Å². The SMILES string of the molecule is CCC(=O)O[C@@]1(Cc2ccc(CC)cc2)C[C@@H](C)N(C)C[C@@H]1C. The number of rotatable bonds is 5. The molecule has 23 heavy (non-hydrogen) atoms. The van der Waals surface area contributed by atoms with E-state index in [4.69, 9.17) is 4.74 Å². The molecule has 0 bridgehead atoms. The summed E-state index contributed by atoms with van der Waals surface area (Å²) in [6.07, 6.45) is 3.19. The van der Waals surface area contributed by atoms with Gasteiger partial charge in [-0.1, -0.05) is 45.0 Å². The third-order valence-corrected chi connectivity index (χ3v) is 5.39. The number of piperidine rings is 1. The summed E-state index contributed by atoms with van der Waals surface area (Å²) in [6.45, 7) is 9.44. The second-order valence-electron chi connectivity index (χ2n) is 7.13. The van der Waals surface area contributed by atoms with Crippen molar-refractivity contribution in [2.45, 2.75) is 65.0 Å². The monoisotopic (exact) mass is 317 g/mol. The Morgan fingerprint density at radius 3 is 2.39 bits per heavy atom. The van der Waals surface area contributed by atoms with Crippen molar-refractivity contribution in [2.24, 2.45) is 5.92 Å². The molecule has 0 aliphatic carbocycles. The molecule has 0 unspecified atom stereocenters. The third-order valence-electron chi connectivity index (χ3n) is 5.39. The maximum atomic E-state index is 12.1. The van der Waals surface area contributed by atoms with Gasteiger partial charge in [0.1, 0.15) is 5.60 Å². The van der Waals surface area contributed by atoms with Crippen LogP contribution >= 0.6 is 0 Å². The number of carbonyl (C=O) groups is 1. The van der Waals surface area contributed by atoms with Gasteiger partial charge in [-0.05, 0) is 31.5 Å². The van der Waals surface area contributed by atoms with E-state index >= 15 is 0 Å². The van der Waals surface area contributed by atoms with Gasteiger partial charge in [0, 0.05) is 37.8 Å². The first-order valence-corrected chi connectivity index (χ1v) is 8.90. The van der Waals surface area contributed by atoms with Gasteiger partial charge < -0.3 is 9.64 Å². The molecule has 0 saturated carbocycles. The van der Waals surface area contributed by atoms with Gasteiger partial charge in [0.25, 0.3) is 0 Å². The smallest absolute Gasteiger partial charge is 0.306 e. The van der Waals surface area contributed by atoms with E-state index in [1.54, 1.807) is 0 Å². The van der Waals surface area contributed by atoms with Gasteiger partial charge in [-0.3, -0.25) is 4.79 Å². The van der Waals surface area contributed by atoms with Crippen molar-refractivity contribution in [1.82, 2.24) is 4.90 Å². The first-order valence-electron chi connectivity index (χ1n) is 8.90.